The molecule has 1 saturated carbocycles. The van der Waals surface area contributed by atoms with Gasteiger partial charge in [-0.05, 0) is 74.9 Å². The number of aliphatic imine (C=N–C) groups is 1. The third kappa shape index (κ3) is 5.66. The van der Waals surface area contributed by atoms with Crippen molar-refractivity contribution in [2.24, 2.45) is 22.7 Å². The lowest BCUT2D eigenvalue weighted by Gasteiger charge is -2.36. The molecule has 5 heterocycles. The van der Waals surface area contributed by atoms with Gasteiger partial charge < -0.3 is 15.1 Å². The molecule has 230 valence electrons. The molecule has 1 N–H and O–H groups in total. The molecule has 7 rings (SSSR count). The molecule has 0 aromatic heterocycles. The highest BCUT2D eigenvalue weighted by molar-refractivity contribution is 6.34. The van der Waals surface area contributed by atoms with Crippen LogP contribution < -0.4 is 5.32 Å². The third-order valence-corrected chi connectivity index (χ3v) is 11.0. The number of carbonyl (C=O) groups is 3. The maximum absolute atomic E-state index is 13.7. The molecular weight excluding hydrogens is 540 g/mol. The van der Waals surface area contributed by atoms with Gasteiger partial charge in [-0.1, -0.05) is 25.8 Å². The molecule has 4 unspecified atom stereocenters. The SMILES string of the molecule is CC(=O)N1CCC(N2CCC(c3ccc4c(c3)/C(=C/C3=NC(CC5CC5)C(C(=O)N5CCN(C)C5)C3C)C(=O)N4)C2)CC1. The largest absolute Gasteiger partial charge is 0.343 e. The van der Waals surface area contributed by atoms with E-state index < -0.39 is 0 Å². The summed E-state index contributed by atoms with van der Waals surface area (Å²) in [6.45, 7) is 9.97. The predicted octanol–water partition coefficient (Wildman–Crippen LogP) is 3.43. The summed E-state index contributed by atoms with van der Waals surface area (Å²) in [6, 6.07) is 6.99. The van der Waals surface area contributed by atoms with Crippen molar-refractivity contribution >= 4 is 34.7 Å². The van der Waals surface area contributed by atoms with Gasteiger partial charge in [0, 0.05) is 68.6 Å². The predicted molar refractivity (Wildman–Crippen MR) is 168 cm³/mol. The zero-order valence-electron chi connectivity index (χ0n) is 25.9. The minimum absolute atomic E-state index is 0.00481. The van der Waals surface area contributed by atoms with Gasteiger partial charge in [-0.15, -0.1) is 0 Å². The summed E-state index contributed by atoms with van der Waals surface area (Å²) >= 11 is 0. The Morgan fingerprint density at radius 1 is 1.02 bits per heavy atom. The van der Waals surface area contributed by atoms with Crippen LogP contribution >= 0.6 is 0 Å². The lowest BCUT2D eigenvalue weighted by atomic mass is 9.84. The lowest BCUT2D eigenvalue weighted by Crippen LogP contribution is -2.45. The maximum Gasteiger partial charge on any atom is 0.256 e. The number of likely N-dealkylation sites (N-methyl/N-ethyl adjacent to an activating group) is 1. The summed E-state index contributed by atoms with van der Waals surface area (Å²) in [7, 11) is 2.06. The Morgan fingerprint density at radius 2 is 1.81 bits per heavy atom. The van der Waals surface area contributed by atoms with Gasteiger partial charge in [0.05, 0.1) is 24.2 Å². The average molecular weight is 587 g/mol. The number of hydrogen-bond acceptors (Lipinski definition) is 6. The van der Waals surface area contributed by atoms with Crippen LogP contribution in [0.5, 0.6) is 0 Å². The smallest absolute Gasteiger partial charge is 0.256 e. The Morgan fingerprint density at radius 3 is 2.51 bits per heavy atom. The number of amides is 3. The first-order valence-electron chi connectivity index (χ1n) is 16.5. The van der Waals surface area contributed by atoms with Crippen LogP contribution in [0.3, 0.4) is 0 Å². The summed E-state index contributed by atoms with van der Waals surface area (Å²) < 4.78 is 0. The van der Waals surface area contributed by atoms with Crippen LogP contribution in [0.1, 0.15) is 69.4 Å². The quantitative estimate of drug-likeness (QED) is 0.516. The van der Waals surface area contributed by atoms with E-state index in [1.165, 1.54) is 18.4 Å². The van der Waals surface area contributed by atoms with E-state index in [2.05, 4.69) is 47.3 Å². The molecule has 4 fully saturated rings. The number of likely N-dealkylation sites (tertiary alicyclic amines) is 2. The first-order valence-corrected chi connectivity index (χ1v) is 16.5. The number of fused-ring (bicyclic) bond motifs is 1. The van der Waals surface area contributed by atoms with Crippen LogP contribution in [0.25, 0.3) is 5.57 Å². The van der Waals surface area contributed by atoms with Crippen molar-refractivity contribution in [1.82, 2.24) is 19.6 Å². The Bertz CT molecular complexity index is 1360. The number of carbonyl (C=O) groups excluding carboxylic acids is 3. The number of benzene rings is 1. The van der Waals surface area contributed by atoms with Crippen molar-refractivity contribution < 1.29 is 14.4 Å². The Balaban J connectivity index is 1.09. The van der Waals surface area contributed by atoms with E-state index >= 15 is 0 Å². The van der Waals surface area contributed by atoms with Gasteiger partial charge in [0.15, 0.2) is 0 Å². The van der Waals surface area contributed by atoms with E-state index in [-0.39, 0.29) is 35.6 Å². The maximum atomic E-state index is 13.7. The highest BCUT2D eigenvalue weighted by Gasteiger charge is 2.45. The molecule has 0 spiro atoms. The number of anilines is 1. The van der Waals surface area contributed by atoms with Crippen molar-refractivity contribution in [3.8, 4) is 0 Å². The molecule has 6 aliphatic rings. The Hall–Kier alpha value is -3.04. The zero-order chi connectivity index (χ0) is 29.8. The topological polar surface area (TPSA) is 88.6 Å². The highest BCUT2D eigenvalue weighted by atomic mass is 16.2. The second-order valence-corrected chi connectivity index (χ2v) is 14.0. The van der Waals surface area contributed by atoms with E-state index in [0.29, 0.717) is 30.1 Å². The van der Waals surface area contributed by atoms with E-state index in [1.807, 2.05) is 15.9 Å². The van der Waals surface area contributed by atoms with Crippen molar-refractivity contribution in [3.63, 3.8) is 0 Å². The fourth-order valence-electron chi connectivity index (χ4n) is 8.15. The Kier molecular flexibility index (Phi) is 7.66. The first kappa shape index (κ1) is 28.7. The molecule has 1 aromatic rings. The third-order valence-electron chi connectivity index (χ3n) is 11.0. The van der Waals surface area contributed by atoms with Crippen LogP contribution in [0.2, 0.25) is 0 Å². The molecule has 0 bridgehead atoms. The highest BCUT2D eigenvalue weighted by Crippen LogP contribution is 2.43. The van der Waals surface area contributed by atoms with Crippen molar-refractivity contribution in [2.45, 2.75) is 70.4 Å². The van der Waals surface area contributed by atoms with Crippen LogP contribution in [0, 0.1) is 17.8 Å². The minimum atomic E-state index is -0.152. The Labute approximate surface area is 255 Å². The average Bonchev–Trinajstić information content (AvgIpc) is 3.28. The molecule has 3 amide bonds. The summed E-state index contributed by atoms with van der Waals surface area (Å²) in [5, 5.41) is 3.08. The summed E-state index contributed by atoms with van der Waals surface area (Å²) in [4.78, 5) is 52.7. The van der Waals surface area contributed by atoms with Gasteiger partial charge >= 0.3 is 0 Å². The molecule has 9 heteroatoms. The van der Waals surface area contributed by atoms with E-state index in [4.69, 9.17) is 4.99 Å². The number of piperidine rings is 1. The van der Waals surface area contributed by atoms with Crippen LogP contribution in [0.4, 0.5) is 5.69 Å². The lowest BCUT2D eigenvalue weighted by molar-refractivity contribution is -0.136. The van der Waals surface area contributed by atoms with Crippen molar-refractivity contribution in [1.29, 1.82) is 0 Å². The van der Waals surface area contributed by atoms with Gasteiger partial charge in [-0.2, -0.15) is 0 Å². The molecule has 1 aromatic carbocycles. The van der Waals surface area contributed by atoms with Crippen molar-refractivity contribution in [2.75, 3.05) is 58.3 Å². The molecule has 4 atom stereocenters. The second-order valence-electron chi connectivity index (χ2n) is 14.0. The number of nitrogens with one attached hydrogen (secondary N) is 1. The van der Waals surface area contributed by atoms with Gasteiger partial charge in [0.1, 0.15) is 0 Å². The molecule has 0 radical (unpaired) electrons. The van der Waals surface area contributed by atoms with Gasteiger partial charge in [0.2, 0.25) is 11.8 Å². The summed E-state index contributed by atoms with van der Waals surface area (Å²) in [5.41, 5.74) is 4.67. The van der Waals surface area contributed by atoms with Crippen LogP contribution in [0.15, 0.2) is 29.3 Å². The fraction of sp³-hybridized carbons (Fsp3) is 0.647. The van der Waals surface area contributed by atoms with E-state index in [9.17, 15) is 14.4 Å². The molecule has 1 aliphatic carbocycles. The molecule has 9 nitrogen and oxygen atoms in total. The van der Waals surface area contributed by atoms with Gasteiger partial charge in [0.25, 0.3) is 5.91 Å². The standard InChI is InChI=1S/C34H46N6O3/c1-21-30(35-31(16-23-4-5-23)32(21)34(43)40-15-14-37(3)20-40)18-28-27-17-24(6-7-29(27)36-33(28)42)25-8-11-39(19-25)26-9-12-38(13-10-26)22(2)41/h6-7,17-18,21,23,25-26,31-32H,4-5,8-16,19-20H2,1-3H3,(H,36,42)/b28-18-. The summed E-state index contributed by atoms with van der Waals surface area (Å²) in [6.07, 6.45) is 8.62. The van der Waals surface area contributed by atoms with Gasteiger partial charge in [-0.25, -0.2) is 0 Å². The van der Waals surface area contributed by atoms with Crippen LogP contribution in [-0.2, 0) is 14.4 Å². The van der Waals surface area contributed by atoms with Gasteiger partial charge in [-0.3, -0.25) is 29.2 Å². The zero-order valence-corrected chi connectivity index (χ0v) is 25.9. The number of rotatable bonds is 6. The summed E-state index contributed by atoms with van der Waals surface area (Å²) in [5.74, 6) is 1.25. The number of nitrogens with zero attached hydrogens (tertiary/aromatic N) is 5. The normalized spacial score (nSPS) is 31.2. The molecular formula is C34H46N6O3. The second kappa shape index (κ2) is 11.5. The van der Waals surface area contributed by atoms with E-state index in [0.717, 1.165) is 81.9 Å². The minimum Gasteiger partial charge on any atom is -0.343 e. The molecule has 43 heavy (non-hydrogen) atoms. The fourth-order valence-corrected chi connectivity index (χ4v) is 8.15. The number of hydrogen-bond donors (Lipinski definition) is 1. The number of allylic oxidation sites excluding steroid dienone is 1. The van der Waals surface area contributed by atoms with Crippen molar-refractivity contribution in [3.05, 3.63) is 35.4 Å². The van der Waals surface area contributed by atoms with E-state index in [1.54, 1.807) is 6.92 Å². The monoisotopic (exact) mass is 586 g/mol. The van der Waals surface area contributed by atoms with Crippen LogP contribution in [-0.4, -0.2) is 108 Å². The molecule has 5 aliphatic heterocycles. The molecule has 3 saturated heterocycles. The first-order chi connectivity index (χ1) is 20.7.